The Morgan fingerprint density at radius 1 is 1.15 bits per heavy atom. The minimum absolute atomic E-state index is 0.0306. The first-order chi connectivity index (χ1) is 16.0. The summed E-state index contributed by atoms with van der Waals surface area (Å²) in [7, 11) is 0. The van der Waals surface area contributed by atoms with Crippen molar-refractivity contribution in [3.05, 3.63) is 75.7 Å². The molecule has 1 aliphatic rings. The van der Waals surface area contributed by atoms with Crippen molar-refractivity contribution < 1.29 is 14.3 Å². The maximum atomic E-state index is 12.9. The Morgan fingerprint density at radius 3 is 2.61 bits per heavy atom. The Hall–Kier alpha value is -2.70. The zero-order chi connectivity index (χ0) is 23.8. The molecule has 0 atom stereocenters. The summed E-state index contributed by atoms with van der Waals surface area (Å²) < 4.78 is 12.1. The Balaban J connectivity index is 1.98. The number of amidine groups is 1. The molecule has 3 rings (SSSR count). The van der Waals surface area contributed by atoms with E-state index < -0.39 is 0 Å². The van der Waals surface area contributed by atoms with E-state index in [0.29, 0.717) is 54.2 Å². The Bertz CT molecular complexity index is 1080. The summed E-state index contributed by atoms with van der Waals surface area (Å²) >= 11 is 7.70. The molecule has 2 aromatic carbocycles. The van der Waals surface area contributed by atoms with Crippen LogP contribution in [0.15, 0.2) is 59.0 Å². The number of halogens is 1. The average Bonchev–Trinajstić information content (AvgIpc) is 3.09. The molecule has 0 N–H and O–H groups in total. The molecular formula is C26H29ClN2O3S. The number of carbonyl (C=O) groups is 1. The lowest BCUT2D eigenvalue weighted by Gasteiger charge is -2.17. The van der Waals surface area contributed by atoms with Gasteiger partial charge in [0.2, 0.25) is 0 Å². The van der Waals surface area contributed by atoms with Gasteiger partial charge in [-0.25, -0.2) is 0 Å². The van der Waals surface area contributed by atoms with Crippen LogP contribution in [0, 0.1) is 0 Å². The number of allylic oxidation sites excluding steroid dienone is 1. The van der Waals surface area contributed by atoms with Gasteiger partial charge >= 0.3 is 0 Å². The van der Waals surface area contributed by atoms with Gasteiger partial charge in [-0.1, -0.05) is 35.9 Å². The van der Waals surface area contributed by atoms with E-state index >= 15 is 0 Å². The number of ether oxygens (including phenoxy) is 2. The van der Waals surface area contributed by atoms with Crippen LogP contribution in [0.2, 0.25) is 5.02 Å². The number of nitrogens with zero attached hydrogens (tertiary/aromatic N) is 2. The number of carbonyl (C=O) groups excluding carboxylic acids is 1. The highest BCUT2D eigenvalue weighted by Crippen LogP contribution is 2.38. The van der Waals surface area contributed by atoms with E-state index in [0.717, 1.165) is 21.9 Å². The third-order valence-electron chi connectivity index (χ3n) is 4.94. The van der Waals surface area contributed by atoms with Crippen LogP contribution in [0.25, 0.3) is 6.08 Å². The third kappa shape index (κ3) is 6.01. The number of rotatable bonds is 10. The second-order valence-corrected chi connectivity index (χ2v) is 8.65. The van der Waals surface area contributed by atoms with Crippen LogP contribution in [-0.4, -0.2) is 35.7 Å². The first kappa shape index (κ1) is 24.9. The summed E-state index contributed by atoms with van der Waals surface area (Å²) in [5.74, 6) is 1.26. The van der Waals surface area contributed by atoms with Crippen molar-refractivity contribution >= 4 is 40.5 Å². The van der Waals surface area contributed by atoms with E-state index in [1.807, 2.05) is 69.3 Å². The van der Waals surface area contributed by atoms with Gasteiger partial charge in [0.15, 0.2) is 16.7 Å². The monoisotopic (exact) mass is 484 g/mol. The molecule has 0 saturated carbocycles. The van der Waals surface area contributed by atoms with Gasteiger partial charge in [-0.15, -0.1) is 6.58 Å². The molecular weight excluding hydrogens is 456 g/mol. The summed E-state index contributed by atoms with van der Waals surface area (Å²) in [5.41, 5.74) is 2.69. The highest BCUT2D eigenvalue weighted by molar-refractivity contribution is 8.18. The zero-order valence-corrected chi connectivity index (χ0v) is 20.8. The number of likely N-dealkylation sites (N-methyl/N-ethyl adjacent to an activating group) is 1. The average molecular weight is 485 g/mol. The van der Waals surface area contributed by atoms with Gasteiger partial charge < -0.3 is 9.47 Å². The van der Waals surface area contributed by atoms with Crippen molar-refractivity contribution in [3.63, 3.8) is 0 Å². The number of amides is 1. The summed E-state index contributed by atoms with van der Waals surface area (Å²) in [6, 6.07) is 11.5. The summed E-state index contributed by atoms with van der Waals surface area (Å²) in [5, 5.41) is 1.40. The van der Waals surface area contributed by atoms with Gasteiger partial charge in [-0.2, -0.15) is 0 Å². The SMILES string of the molecule is C=CCc1cc(/C=C2\SC(=NCC)N(CC)C2=O)cc(OCC)c1OCc1ccccc1Cl. The lowest BCUT2D eigenvalue weighted by Crippen LogP contribution is -2.28. The highest BCUT2D eigenvalue weighted by Gasteiger charge is 2.32. The fraction of sp³-hybridized carbons (Fsp3) is 0.308. The predicted molar refractivity (Wildman–Crippen MR) is 138 cm³/mol. The Morgan fingerprint density at radius 2 is 1.94 bits per heavy atom. The van der Waals surface area contributed by atoms with E-state index in [1.165, 1.54) is 11.8 Å². The Labute approximate surface area is 205 Å². The second-order valence-electron chi connectivity index (χ2n) is 7.23. The van der Waals surface area contributed by atoms with Gasteiger partial charge in [-0.3, -0.25) is 14.7 Å². The van der Waals surface area contributed by atoms with Crippen LogP contribution in [-0.2, 0) is 17.8 Å². The molecule has 7 heteroatoms. The van der Waals surface area contributed by atoms with Crippen LogP contribution in [0.3, 0.4) is 0 Å². The van der Waals surface area contributed by atoms with Gasteiger partial charge in [0.05, 0.1) is 11.5 Å². The van der Waals surface area contributed by atoms with Crippen molar-refractivity contribution in [3.8, 4) is 11.5 Å². The van der Waals surface area contributed by atoms with E-state index in [-0.39, 0.29) is 5.91 Å². The third-order valence-corrected chi connectivity index (χ3v) is 6.36. The van der Waals surface area contributed by atoms with Crippen molar-refractivity contribution in [1.29, 1.82) is 0 Å². The standard InChI is InChI=1S/C26H29ClN2O3S/c1-5-11-19-14-18(16-23-25(30)29(7-3)26(33-23)28-6-2)15-22(31-8-4)24(19)32-17-20-12-9-10-13-21(20)27/h5,9-10,12-16H,1,6-8,11,17H2,2-4H3/b23-16-,28-26?. The van der Waals surface area contributed by atoms with Crippen LogP contribution in [0.1, 0.15) is 37.5 Å². The molecule has 0 bridgehead atoms. The normalized spacial score (nSPS) is 16.0. The topological polar surface area (TPSA) is 51.1 Å². The zero-order valence-electron chi connectivity index (χ0n) is 19.3. The quantitative estimate of drug-likeness (QED) is 0.291. The van der Waals surface area contributed by atoms with Crippen LogP contribution < -0.4 is 9.47 Å². The van der Waals surface area contributed by atoms with Gasteiger partial charge in [0, 0.05) is 29.2 Å². The first-order valence-electron chi connectivity index (χ1n) is 11.0. The molecule has 0 radical (unpaired) electrons. The largest absolute Gasteiger partial charge is 0.490 e. The molecule has 33 heavy (non-hydrogen) atoms. The second kappa shape index (κ2) is 12.0. The number of hydrogen-bond acceptors (Lipinski definition) is 5. The smallest absolute Gasteiger partial charge is 0.266 e. The molecule has 1 aliphatic heterocycles. The van der Waals surface area contributed by atoms with Crippen LogP contribution >= 0.6 is 23.4 Å². The number of aliphatic imine (C=N–C) groups is 1. The van der Waals surface area contributed by atoms with Gasteiger partial charge in [-0.05, 0) is 68.8 Å². The Kier molecular flexibility index (Phi) is 9.03. The number of hydrogen-bond donors (Lipinski definition) is 0. The maximum absolute atomic E-state index is 12.9. The lowest BCUT2D eigenvalue weighted by molar-refractivity contribution is -0.122. The summed E-state index contributed by atoms with van der Waals surface area (Å²) in [6.45, 7) is 11.8. The molecule has 0 spiro atoms. The van der Waals surface area contributed by atoms with E-state index in [4.69, 9.17) is 21.1 Å². The molecule has 174 valence electrons. The van der Waals surface area contributed by atoms with Crippen molar-refractivity contribution in [2.24, 2.45) is 4.99 Å². The number of benzene rings is 2. The van der Waals surface area contributed by atoms with Crippen LogP contribution in [0.5, 0.6) is 11.5 Å². The molecule has 2 aromatic rings. The molecule has 0 aromatic heterocycles. The molecule has 1 fully saturated rings. The van der Waals surface area contributed by atoms with Crippen molar-refractivity contribution in [1.82, 2.24) is 4.90 Å². The lowest BCUT2D eigenvalue weighted by atomic mass is 10.0. The van der Waals surface area contributed by atoms with Gasteiger partial charge in [0.25, 0.3) is 5.91 Å². The van der Waals surface area contributed by atoms with Crippen molar-refractivity contribution in [2.75, 3.05) is 19.7 Å². The minimum atomic E-state index is -0.0306. The van der Waals surface area contributed by atoms with E-state index in [1.54, 1.807) is 4.90 Å². The van der Waals surface area contributed by atoms with E-state index in [2.05, 4.69) is 11.6 Å². The minimum Gasteiger partial charge on any atom is -0.490 e. The molecule has 0 unspecified atom stereocenters. The van der Waals surface area contributed by atoms with Crippen molar-refractivity contribution in [2.45, 2.75) is 33.8 Å². The van der Waals surface area contributed by atoms with Gasteiger partial charge in [0.1, 0.15) is 6.61 Å². The molecule has 1 heterocycles. The molecule has 1 saturated heterocycles. The highest BCUT2D eigenvalue weighted by atomic mass is 35.5. The molecule has 1 amide bonds. The predicted octanol–water partition coefficient (Wildman–Crippen LogP) is 6.36. The molecule has 5 nitrogen and oxygen atoms in total. The maximum Gasteiger partial charge on any atom is 0.266 e. The van der Waals surface area contributed by atoms with Crippen LogP contribution in [0.4, 0.5) is 0 Å². The van der Waals surface area contributed by atoms with E-state index in [9.17, 15) is 4.79 Å². The summed E-state index contributed by atoms with van der Waals surface area (Å²) in [4.78, 5) is 19.7. The number of thioether (sulfide) groups is 1. The fourth-order valence-corrected chi connectivity index (χ4v) is 4.75. The fourth-order valence-electron chi connectivity index (χ4n) is 3.46. The first-order valence-corrected chi connectivity index (χ1v) is 12.2. The summed E-state index contributed by atoms with van der Waals surface area (Å²) in [6.07, 6.45) is 4.31. The molecule has 0 aliphatic carbocycles.